The van der Waals surface area contributed by atoms with E-state index in [1.165, 1.54) is 37.7 Å². The highest BCUT2D eigenvalue weighted by Crippen LogP contribution is 2.65. The summed E-state index contributed by atoms with van der Waals surface area (Å²) in [5.74, 6) is 3.03. The highest BCUT2D eigenvalue weighted by Gasteiger charge is 2.59. The molecule has 0 radical (unpaired) electrons. The lowest BCUT2D eigenvalue weighted by atomic mass is 9.46. The van der Waals surface area contributed by atoms with Gasteiger partial charge in [0.1, 0.15) is 5.78 Å². The summed E-state index contributed by atoms with van der Waals surface area (Å²) in [6.45, 7) is 6.89. The number of fused-ring (bicyclic) bond motifs is 5. The molecule has 6 atom stereocenters. The molecule has 2 nitrogen and oxygen atoms in total. The van der Waals surface area contributed by atoms with Crippen LogP contribution >= 0.6 is 0 Å². The molecule has 3 fully saturated rings. The first-order valence-electron chi connectivity index (χ1n) is 10.9. The van der Waals surface area contributed by atoms with Crippen LogP contribution in [0.25, 0.3) is 0 Å². The van der Waals surface area contributed by atoms with Crippen LogP contribution in [-0.2, 0) is 9.59 Å². The molecule has 4 aliphatic carbocycles. The number of rotatable bonds is 4. The molecular formula is C24H34O2. The molecule has 0 N–H and O–H groups in total. The first-order chi connectivity index (χ1) is 12.4. The molecular weight excluding hydrogens is 320 g/mol. The third kappa shape index (κ3) is 2.59. The van der Waals surface area contributed by atoms with Crippen molar-refractivity contribution in [3.8, 4) is 0 Å². The third-order valence-corrected chi connectivity index (χ3v) is 8.58. The number of hydrogen-bond donors (Lipinski definition) is 0. The summed E-state index contributed by atoms with van der Waals surface area (Å²) in [4.78, 5) is 24.8. The van der Waals surface area contributed by atoms with Crippen LogP contribution in [0, 0.1) is 34.5 Å². The lowest BCUT2D eigenvalue weighted by molar-refractivity contribution is -0.132. The molecule has 4 rings (SSSR count). The van der Waals surface area contributed by atoms with Gasteiger partial charge in [0.25, 0.3) is 0 Å². The van der Waals surface area contributed by atoms with E-state index in [1.807, 2.05) is 12.2 Å². The Morgan fingerprint density at radius 1 is 1.12 bits per heavy atom. The van der Waals surface area contributed by atoms with Crippen LogP contribution in [0.4, 0.5) is 0 Å². The molecule has 0 heterocycles. The predicted octanol–water partition coefficient (Wildman–Crippen LogP) is 5.67. The van der Waals surface area contributed by atoms with Gasteiger partial charge in [-0.3, -0.25) is 9.59 Å². The Morgan fingerprint density at radius 2 is 1.92 bits per heavy atom. The van der Waals surface area contributed by atoms with Crippen LogP contribution in [0.3, 0.4) is 0 Å². The van der Waals surface area contributed by atoms with E-state index in [1.54, 1.807) is 0 Å². The van der Waals surface area contributed by atoms with E-state index in [2.05, 4.69) is 26.8 Å². The lowest BCUT2D eigenvalue weighted by Gasteiger charge is -2.57. The van der Waals surface area contributed by atoms with E-state index >= 15 is 0 Å². The van der Waals surface area contributed by atoms with Gasteiger partial charge in [-0.15, -0.1) is 0 Å². The highest BCUT2D eigenvalue weighted by atomic mass is 16.1. The minimum Gasteiger partial charge on any atom is -0.299 e. The second-order valence-corrected chi connectivity index (χ2v) is 9.84. The molecule has 0 aromatic carbocycles. The van der Waals surface area contributed by atoms with Gasteiger partial charge < -0.3 is 0 Å². The van der Waals surface area contributed by atoms with Gasteiger partial charge in [0.2, 0.25) is 0 Å². The molecule has 0 aromatic heterocycles. The van der Waals surface area contributed by atoms with Crippen molar-refractivity contribution >= 4 is 11.6 Å². The molecule has 0 amide bonds. The minimum atomic E-state index is -0.0685. The smallest absolute Gasteiger partial charge is 0.178 e. The van der Waals surface area contributed by atoms with Gasteiger partial charge in [0.05, 0.1) is 0 Å². The standard InChI is InChI=1S/C24H34O2/c1-4-5-6-7-16-14-18-19-8-9-22(26)24(19,3)13-11-20(18)23(2)12-10-17(25)15-21(16)23/h10,12,15-16,18-20H,4-9,11,13-14H2,1-3H3/t16-,18+,19+,20+,23-,24+/m1/s1. The zero-order valence-electron chi connectivity index (χ0n) is 16.7. The maximum atomic E-state index is 12.6. The largest absolute Gasteiger partial charge is 0.299 e. The number of carbonyl (C=O) groups is 2. The molecule has 2 heteroatoms. The van der Waals surface area contributed by atoms with Crippen molar-refractivity contribution in [2.24, 2.45) is 34.5 Å². The van der Waals surface area contributed by atoms with E-state index in [4.69, 9.17) is 0 Å². The topological polar surface area (TPSA) is 34.1 Å². The summed E-state index contributed by atoms with van der Waals surface area (Å²) in [6.07, 6.45) is 16.2. The van der Waals surface area contributed by atoms with Crippen molar-refractivity contribution in [3.05, 3.63) is 23.8 Å². The van der Waals surface area contributed by atoms with Gasteiger partial charge in [-0.2, -0.15) is 0 Å². The summed E-state index contributed by atoms with van der Waals surface area (Å²) in [5.41, 5.74) is 1.37. The van der Waals surface area contributed by atoms with Crippen LogP contribution in [0.1, 0.15) is 78.6 Å². The zero-order chi connectivity index (χ0) is 18.5. The van der Waals surface area contributed by atoms with E-state index in [0.29, 0.717) is 29.5 Å². The predicted molar refractivity (Wildman–Crippen MR) is 105 cm³/mol. The molecule has 0 aliphatic heterocycles. The Balaban J connectivity index is 1.69. The number of unbranched alkanes of at least 4 members (excludes halogenated alkanes) is 2. The van der Waals surface area contributed by atoms with Crippen molar-refractivity contribution in [2.45, 2.75) is 78.6 Å². The van der Waals surface area contributed by atoms with Crippen molar-refractivity contribution in [1.29, 1.82) is 0 Å². The second kappa shape index (κ2) is 6.46. The Labute approximate surface area is 158 Å². The van der Waals surface area contributed by atoms with Gasteiger partial charge in [-0.1, -0.05) is 51.7 Å². The van der Waals surface area contributed by atoms with Crippen LogP contribution in [0.2, 0.25) is 0 Å². The summed E-state index contributed by atoms with van der Waals surface area (Å²) in [7, 11) is 0. The van der Waals surface area contributed by atoms with E-state index in [9.17, 15) is 9.59 Å². The Kier molecular flexibility index (Phi) is 4.52. The van der Waals surface area contributed by atoms with Crippen molar-refractivity contribution in [2.75, 3.05) is 0 Å². The number of carbonyl (C=O) groups excluding carboxylic acids is 2. The Morgan fingerprint density at radius 3 is 2.69 bits per heavy atom. The summed E-state index contributed by atoms with van der Waals surface area (Å²) < 4.78 is 0. The molecule has 0 saturated heterocycles. The number of allylic oxidation sites excluding steroid dienone is 4. The summed E-state index contributed by atoms with van der Waals surface area (Å²) in [6, 6.07) is 0. The van der Waals surface area contributed by atoms with Gasteiger partial charge >= 0.3 is 0 Å². The van der Waals surface area contributed by atoms with Crippen LogP contribution in [0.15, 0.2) is 23.8 Å². The normalized spacial score (nSPS) is 44.3. The average Bonchev–Trinajstić information content (AvgIpc) is 2.92. The van der Waals surface area contributed by atoms with Crippen molar-refractivity contribution < 1.29 is 9.59 Å². The first-order valence-corrected chi connectivity index (χ1v) is 10.9. The number of Topliss-reactive ketones (excluding diaryl/α,β-unsaturated/α-hetero) is 1. The fourth-order valence-electron chi connectivity index (χ4n) is 7.11. The highest BCUT2D eigenvalue weighted by molar-refractivity contribution is 6.01. The molecule has 0 unspecified atom stereocenters. The van der Waals surface area contributed by atoms with Crippen molar-refractivity contribution in [3.63, 3.8) is 0 Å². The Hall–Kier alpha value is -1.18. The molecule has 26 heavy (non-hydrogen) atoms. The molecule has 3 saturated carbocycles. The fourth-order valence-corrected chi connectivity index (χ4v) is 7.11. The van der Waals surface area contributed by atoms with Gasteiger partial charge in [0.15, 0.2) is 5.78 Å². The third-order valence-electron chi connectivity index (χ3n) is 8.58. The maximum Gasteiger partial charge on any atom is 0.178 e. The fraction of sp³-hybridized carbons (Fsp3) is 0.750. The lowest BCUT2D eigenvalue weighted by Crippen LogP contribution is -2.51. The number of ketones is 2. The monoisotopic (exact) mass is 354 g/mol. The quantitative estimate of drug-likeness (QED) is 0.610. The van der Waals surface area contributed by atoms with E-state index in [-0.39, 0.29) is 16.6 Å². The van der Waals surface area contributed by atoms with Crippen LogP contribution < -0.4 is 0 Å². The first kappa shape index (κ1) is 18.2. The maximum absolute atomic E-state index is 12.6. The van der Waals surface area contributed by atoms with E-state index < -0.39 is 0 Å². The number of hydrogen-bond acceptors (Lipinski definition) is 2. The second-order valence-electron chi connectivity index (χ2n) is 9.84. The molecule has 4 aliphatic rings. The summed E-state index contributed by atoms with van der Waals surface area (Å²) >= 11 is 0. The minimum absolute atomic E-state index is 0.0284. The zero-order valence-corrected chi connectivity index (χ0v) is 16.7. The van der Waals surface area contributed by atoms with Gasteiger partial charge in [0, 0.05) is 17.3 Å². The SMILES string of the molecule is CCCCC[C@@H]1C[C@@H]2[C@H](CC[C@]3(C)C(=O)CC[C@@H]23)[C@@]2(C)C=CC(=O)C=C12. The van der Waals surface area contributed by atoms with Gasteiger partial charge in [-0.25, -0.2) is 0 Å². The van der Waals surface area contributed by atoms with E-state index in [0.717, 1.165) is 25.7 Å². The molecule has 142 valence electrons. The molecule has 0 bridgehead atoms. The summed E-state index contributed by atoms with van der Waals surface area (Å²) in [5, 5.41) is 0. The van der Waals surface area contributed by atoms with Gasteiger partial charge in [-0.05, 0) is 67.9 Å². The van der Waals surface area contributed by atoms with Crippen molar-refractivity contribution in [1.82, 2.24) is 0 Å². The molecule has 0 spiro atoms. The van der Waals surface area contributed by atoms with Crippen LogP contribution in [0.5, 0.6) is 0 Å². The Bertz CT molecular complexity index is 672. The average molecular weight is 355 g/mol. The van der Waals surface area contributed by atoms with Crippen LogP contribution in [-0.4, -0.2) is 11.6 Å². The molecule has 0 aromatic rings.